The minimum atomic E-state index is -0.231. The zero-order valence-corrected chi connectivity index (χ0v) is 35.5. The molecule has 5 heteroatoms. The van der Waals surface area contributed by atoms with Crippen LogP contribution in [0.5, 0.6) is 5.75 Å². The van der Waals surface area contributed by atoms with Crippen LogP contribution in [0, 0.1) is 0 Å². The molecule has 1 N–H and O–H groups in total. The number of hydrogen-bond acceptors (Lipinski definition) is 4. The maximum Gasteiger partial charge on any atom is 0.333 e. The highest BCUT2D eigenvalue weighted by Crippen LogP contribution is 2.51. The Morgan fingerprint density at radius 1 is 0.459 bits per heavy atom. The van der Waals surface area contributed by atoms with Crippen LogP contribution in [0.3, 0.4) is 0 Å². The molecule has 0 unspecified atom stereocenters. The van der Waals surface area contributed by atoms with Crippen LogP contribution in [0.15, 0.2) is 174 Å². The number of para-hydroxylation sites is 1. The summed E-state index contributed by atoms with van der Waals surface area (Å²) in [4.78, 5) is 5.00. The maximum absolute atomic E-state index is 11.3. The van der Waals surface area contributed by atoms with Gasteiger partial charge in [-0.05, 0) is 128 Å². The van der Waals surface area contributed by atoms with E-state index in [4.69, 9.17) is 4.42 Å². The van der Waals surface area contributed by atoms with Crippen LogP contribution in [0.1, 0.15) is 52.7 Å². The van der Waals surface area contributed by atoms with Crippen molar-refractivity contribution in [2.24, 2.45) is 0 Å². The van der Waals surface area contributed by atoms with E-state index >= 15 is 0 Å². The fourth-order valence-electron chi connectivity index (χ4n) is 9.68. The molecular weight excluding hydrogens is 743 g/mol. The third-order valence-corrected chi connectivity index (χ3v) is 12.8. The molecular formula is C56H47BN2O2. The molecule has 9 aromatic rings. The Bertz CT molecular complexity index is 3170. The average molecular weight is 791 g/mol. The molecule has 1 aromatic heterocycles. The van der Waals surface area contributed by atoms with E-state index in [1.54, 1.807) is 0 Å². The number of phenolic OH excluding ortho intramolecular Hbond substituents is 1. The Balaban J connectivity index is 1.30. The van der Waals surface area contributed by atoms with Gasteiger partial charge in [-0.15, -0.1) is 0 Å². The third kappa shape index (κ3) is 5.97. The van der Waals surface area contributed by atoms with Gasteiger partial charge >= 0.3 is 6.85 Å². The van der Waals surface area contributed by atoms with Crippen LogP contribution in [0.2, 0.25) is 0 Å². The zero-order valence-electron chi connectivity index (χ0n) is 35.5. The van der Waals surface area contributed by atoms with Gasteiger partial charge in [0.1, 0.15) is 16.9 Å². The molecule has 0 aliphatic carbocycles. The van der Waals surface area contributed by atoms with Crippen molar-refractivity contribution in [2.45, 2.75) is 52.4 Å². The minimum Gasteiger partial charge on any atom is -0.508 e. The summed E-state index contributed by atoms with van der Waals surface area (Å²) in [6.07, 6.45) is 0. The van der Waals surface area contributed by atoms with Gasteiger partial charge < -0.3 is 19.2 Å². The predicted molar refractivity (Wildman–Crippen MR) is 257 cm³/mol. The number of anilines is 5. The number of fused-ring (bicyclic) bond motifs is 7. The van der Waals surface area contributed by atoms with Crippen LogP contribution >= 0.6 is 0 Å². The van der Waals surface area contributed by atoms with E-state index in [9.17, 15) is 5.11 Å². The van der Waals surface area contributed by atoms with Gasteiger partial charge in [0.25, 0.3) is 0 Å². The highest BCUT2D eigenvalue weighted by Gasteiger charge is 2.46. The predicted octanol–water partition coefficient (Wildman–Crippen LogP) is 13.9. The minimum absolute atomic E-state index is 0.00156. The van der Waals surface area contributed by atoms with Gasteiger partial charge in [-0.3, -0.25) is 0 Å². The number of benzene rings is 8. The largest absolute Gasteiger partial charge is 0.508 e. The van der Waals surface area contributed by atoms with Gasteiger partial charge in [0.15, 0.2) is 0 Å². The van der Waals surface area contributed by atoms with E-state index < -0.39 is 0 Å². The number of aromatic hydroxyl groups is 1. The highest BCUT2D eigenvalue weighted by atomic mass is 16.3. The lowest BCUT2D eigenvalue weighted by Crippen LogP contribution is -2.61. The number of furan rings is 1. The molecule has 2 aliphatic rings. The summed E-state index contributed by atoms with van der Waals surface area (Å²) in [7, 11) is 0. The van der Waals surface area contributed by atoms with E-state index in [1.807, 2.05) is 18.2 Å². The van der Waals surface area contributed by atoms with Crippen LogP contribution < -0.4 is 20.6 Å². The first-order valence-electron chi connectivity index (χ1n) is 21.3. The molecule has 0 atom stereocenters. The Labute approximate surface area is 358 Å². The van der Waals surface area contributed by atoms with Crippen molar-refractivity contribution in [1.29, 1.82) is 0 Å². The number of nitrogens with zero attached hydrogens (tertiary/aromatic N) is 2. The van der Waals surface area contributed by atoms with E-state index in [0.717, 1.165) is 89.2 Å². The molecule has 3 heterocycles. The Morgan fingerprint density at radius 3 is 1.84 bits per heavy atom. The molecule has 8 aromatic carbocycles. The quantitative estimate of drug-likeness (QED) is 0.180. The topological polar surface area (TPSA) is 39.9 Å². The third-order valence-electron chi connectivity index (χ3n) is 12.8. The lowest BCUT2D eigenvalue weighted by Gasteiger charge is -2.46. The van der Waals surface area contributed by atoms with Gasteiger partial charge in [-0.1, -0.05) is 139 Å². The van der Waals surface area contributed by atoms with E-state index in [1.165, 1.54) is 16.6 Å². The summed E-state index contributed by atoms with van der Waals surface area (Å²) in [5.41, 5.74) is 18.6. The van der Waals surface area contributed by atoms with Crippen molar-refractivity contribution in [3.8, 4) is 39.1 Å². The van der Waals surface area contributed by atoms with E-state index in [0.29, 0.717) is 0 Å². The molecule has 11 rings (SSSR count). The Hall–Kier alpha value is -6.98. The second-order valence-corrected chi connectivity index (χ2v) is 18.8. The van der Waals surface area contributed by atoms with Crippen molar-refractivity contribution in [2.75, 3.05) is 9.71 Å². The molecule has 61 heavy (non-hydrogen) atoms. The smallest absolute Gasteiger partial charge is 0.333 e. The Kier molecular flexibility index (Phi) is 8.21. The lowest BCUT2D eigenvalue weighted by molar-refractivity contribution is 0.475. The molecule has 0 bridgehead atoms. The molecule has 0 saturated carbocycles. The molecule has 0 saturated heterocycles. The second kappa shape index (κ2) is 13.5. The first kappa shape index (κ1) is 37.1. The summed E-state index contributed by atoms with van der Waals surface area (Å²) in [6.45, 7) is 13.4. The zero-order chi connectivity index (χ0) is 41.8. The lowest BCUT2D eigenvalue weighted by atomic mass is 9.43. The van der Waals surface area contributed by atoms with Crippen LogP contribution in [-0.4, -0.2) is 12.0 Å². The van der Waals surface area contributed by atoms with Crippen molar-refractivity contribution >= 4 is 68.1 Å². The molecule has 0 amide bonds. The SMILES string of the molecule is CC(C)(C)c1ccc(N2B3c4cc5oc6ccccc6c5cc4N(c4ccc(C(C)(C)C)cc4-c4ccccc4)c4cc(-c5ccccc5)cc(c43)-c3cc(O)ccc32)cc1. The first-order valence-corrected chi connectivity index (χ1v) is 21.3. The van der Waals surface area contributed by atoms with Crippen LogP contribution in [-0.2, 0) is 10.8 Å². The Morgan fingerprint density at radius 2 is 1.11 bits per heavy atom. The molecule has 4 nitrogen and oxygen atoms in total. The first-order chi connectivity index (χ1) is 29.4. The molecule has 0 radical (unpaired) electrons. The van der Waals surface area contributed by atoms with E-state index in [2.05, 4.69) is 203 Å². The van der Waals surface area contributed by atoms with Gasteiger partial charge in [-0.2, -0.15) is 0 Å². The molecule has 0 fully saturated rings. The van der Waals surface area contributed by atoms with Crippen molar-refractivity contribution in [1.82, 2.24) is 0 Å². The van der Waals surface area contributed by atoms with Gasteiger partial charge in [0, 0.05) is 44.6 Å². The molecule has 2 aliphatic heterocycles. The fraction of sp³-hybridized carbons (Fsp3) is 0.143. The molecule has 0 spiro atoms. The summed E-state index contributed by atoms with van der Waals surface area (Å²) < 4.78 is 6.72. The monoisotopic (exact) mass is 790 g/mol. The fourth-order valence-corrected chi connectivity index (χ4v) is 9.68. The average Bonchev–Trinajstić information content (AvgIpc) is 3.63. The van der Waals surface area contributed by atoms with Crippen molar-refractivity contribution in [3.05, 3.63) is 181 Å². The summed E-state index contributed by atoms with van der Waals surface area (Å²) >= 11 is 0. The van der Waals surface area contributed by atoms with Crippen molar-refractivity contribution in [3.63, 3.8) is 0 Å². The second-order valence-electron chi connectivity index (χ2n) is 18.8. The summed E-state index contributed by atoms with van der Waals surface area (Å²) in [5.74, 6) is 0.236. The van der Waals surface area contributed by atoms with Gasteiger partial charge in [-0.25, -0.2) is 0 Å². The summed E-state index contributed by atoms with van der Waals surface area (Å²) in [6, 6.07) is 61.2. The van der Waals surface area contributed by atoms with Crippen LogP contribution in [0.4, 0.5) is 28.4 Å². The summed E-state index contributed by atoms with van der Waals surface area (Å²) in [5, 5.41) is 13.5. The standard InChI is InChI=1S/C56H47BN2O2/c1-55(2,3)38-21-24-40(25-22-38)59-49-28-26-41(60)32-44(49)46-29-37(35-15-9-7-10-16-35)30-51-54(46)57(59)47-34-53-45(42-19-13-14-20-52(42)61-53)33-50(47)58(51)48-27-23-39(56(4,5)6)31-43(48)36-17-11-8-12-18-36/h7-34,60H,1-6H3. The number of hydrogen-bond donors (Lipinski definition) is 1. The number of rotatable bonds is 4. The van der Waals surface area contributed by atoms with Crippen molar-refractivity contribution < 1.29 is 9.52 Å². The van der Waals surface area contributed by atoms with Crippen LogP contribution in [0.25, 0.3) is 55.3 Å². The van der Waals surface area contributed by atoms with Gasteiger partial charge in [0.05, 0.1) is 5.69 Å². The van der Waals surface area contributed by atoms with Gasteiger partial charge in [0.2, 0.25) is 0 Å². The normalized spacial score (nSPS) is 13.4. The highest BCUT2D eigenvalue weighted by molar-refractivity contribution is 6.93. The maximum atomic E-state index is 11.3. The number of phenols is 1. The van der Waals surface area contributed by atoms with E-state index in [-0.39, 0.29) is 23.4 Å². The molecule has 296 valence electrons.